The summed E-state index contributed by atoms with van der Waals surface area (Å²) in [4.78, 5) is 4.12. The molecule has 2 aliphatic rings. The van der Waals surface area contributed by atoms with E-state index in [0.29, 0.717) is 6.04 Å². The fraction of sp³-hybridized carbons (Fsp3) is 0.692. The van der Waals surface area contributed by atoms with Crippen molar-refractivity contribution in [3.8, 4) is 0 Å². The zero-order chi connectivity index (χ0) is 11.0. The molecular weight excluding hydrogens is 216 g/mol. The van der Waals surface area contributed by atoms with Gasteiger partial charge in [-0.3, -0.25) is 4.90 Å². The first kappa shape index (κ1) is 10.8. The summed E-state index contributed by atoms with van der Waals surface area (Å²) in [7, 11) is 0. The van der Waals surface area contributed by atoms with Gasteiger partial charge in [0.05, 0.1) is 0 Å². The summed E-state index contributed by atoms with van der Waals surface area (Å²) < 4.78 is 0. The lowest BCUT2D eigenvalue weighted by Gasteiger charge is -2.23. The Morgan fingerprint density at radius 1 is 1.38 bits per heavy atom. The van der Waals surface area contributed by atoms with Gasteiger partial charge in [0.2, 0.25) is 0 Å². The average Bonchev–Trinajstić information content (AvgIpc) is 2.82. The molecule has 1 N–H and O–H groups in total. The quantitative estimate of drug-likeness (QED) is 0.864. The van der Waals surface area contributed by atoms with Gasteiger partial charge in [-0.1, -0.05) is 6.07 Å². The molecule has 1 aromatic heterocycles. The third-order valence-electron chi connectivity index (χ3n) is 3.77. The molecule has 1 aliphatic carbocycles. The number of nitrogens with one attached hydrogen (secondary N) is 1. The molecule has 1 aromatic rings. The Morgan fingerprint density at radius 3 is 2.94 bits per heavy atom. The third-order valence-corrected chi connectivity index (χ3v) is 4.81. The molecule has 2 heterocycles. The van der Waals surface area contributed by atoms with Crippen LogP contribution in [0.15, 0.2) is 17.5 Å². The van der Waals surface area contributed by atoms with Crippen LogP contribution in [0.2, 0.25) is 0 Å². The number of rotatable bonds is 4. The zero-order valence-corrected chi connectivity index (χ0v) is 10.7. The summed E-state index contributed by atoms with van der Waals surface area (Å²) in [6.07, 6.45) is 4.13. The molecule has 0 radical (unpaired) electrons. The van der Waals surface area contributed by atoms with E-state index in [-0.39, 0.29) is 0 Å². The van der Waals surface area contributed by atoms with Crippen molar-refractivity contribution in [2.75, 3.05) is 13.1 Å². The second-order valence-corrected chi connectivity index (χ2v) is 6.09. The Labute approximate surface area is 102 Å². The van der Waals surface area contributed by atoms with Gasteiger partial charge in [-0.15, -0.1) is 11.3 Å². The molecule has 1 saturated heterocycles. The van der Waals surface area contributed by atoms with Gasteiger partial charge in [0, 0.05) is 36.1 Å². The van der Waals surface area contributed by atoms with E-state index in [0.717, 1.165) is 12.1 Å². The van der Waals surface area contributed by atoms with Crippen molar-refractivity contribution in [2.24, 2.45) is 0 Å². The molecule has 2 nitrogen and oxygen atoms in total. The van der Waals surface area contributed by atoms with Crippen LogP contribution in [0.5, 0.6) is 0 Å². The average molecular weight is 236 g/mol. The van der Waals surface area contributed by atoms with Crippen molar-refractivity contribution in [3.05, 3.63) is 22.4 Å². The van der Waals surface area contributed by atoms with Crippen LogP contribution < -0.4 is 5.32 Å². The van der Waals surface area contributed by atoms with Gasteiger partial charge in [0.15, 0.2) is 0 Å². The number of hydrogen-bond donors (Lipinski definition) is 1. The summed E-state index contributed by atoms with van der Waals surface area (Å²) in [5, 5.41) is 5.93. The third kappa shape index (κ3) is 2.31. The Balaban J connectivity index is 1.56. The molecular formula is C13H20N2S. The fourth-order valence-electron chi connectivity index (χ4n) is 2.57. The van der Waals surface area contributed by atoms with E-state index < -0.39 is 0 Å². The minimum absolute atomic E-state index is 0.603. The predicted octanol–water partition coefficient (Wildman–Crippen LogP) is 2.64. The van der Waals surface area contributed by atoms with Crippen molar-refractivity contribution in [1.29, 1.82) is 0 Å². The van der Waals surface area contributed by atoms with Crippen molar-refractivity contribution >= 4 is 11.3 Å². The van der Waals surface area contributed by atoms with Gasteiger partial charge in [0.25, 0.3) is 0 Å². The molecule has 1 saturated carbocycles. The molecule has 3 rings (SSSR count). The second kappa shape index (κ2) is 4.47. The molecule has 2 unspecified atom stereocenters. The maximum absolute atomic E-state index is 3.74. The van der Waals surface area contributed by atoms with Gasteiger partial charge in [0.1, 0.15) is 0 Å². The van der Waals surface area contributed by atoms with Crippen molar-refractivity contribution in [1.82, 2.24) is 10.2 Å². The molecule has 88 valence electrons. The van der Waals surface area contributed by atoms with E-state index in [1.165, 1.54) is 37.2 Å². The monoisotopic (exact) mass is 236 g/mol. The van der Waals surface area contributed by atoms with Crippen LogP contribution in [0, 0.1) is 0 Å². The Kier molecular flexibility index (Phi) is 3.01. The highest BCUT2D eigenvalue weighted by Crippen LogP contribution is 2.29. The highest BCUT2D eigenvalue weighted by molar-refractivity contribution is 7.10. The summed E-state index contributed by atoms with van der Waals surface area (Å²) >= 11 is 1.88. The van der Waals surface area contributed by atoms with E-state index in [9.17, 15) is 0 Å². The molecule has 0 spiro atoms. The van der Waals surface area contributed by atoms with Crippen molar-refractivity contribution < 1.29 is 0 Å². The zero-order valence-electron chi connectivity index (χ0n) is 9.86. The van der Waals surface area contributed by atoms with Crippen molar-refractivity contribution in [3.63, 3.8) is 0 Å². The molecule has 3 heteroatoms. The summed E-state index contributed by atoms with van der Waals surface area (Å²) in [5.74, 6) is 0. The maximum atomic E-state index is 3.74. The lowest BCUT2D eigenvalue weighted by molar-refractivity contribution is 0.259. The first-order valence-electron chi connectivity index (χ1n) is 6.36. The fourth-order valence-corrected chi connectivity index (χ4v) is 3.38. The van der Waals surface area contributed by atoms with Crippen LogP contribution in [0.3, 0.4) is 0 Å². The SMILES string of the molecule is CC(c1cccs1)N1CCC(NC2CC2)C1. The Bertz CT molecular complexity index is 332. The van der Waals surface area contributed by atoms with E-state index >= 15 is 0 Å². The van der Waals surface area contributed by atoms with E-state index in [1.807, 2.05) is 11.3 Å². The molecule has 16 heavy (non-hydrogen) atoms. The van der Waals surface area contributed by atoms with Crippen LogP contribution in [0.25, 0.3) is 0 Å². The Morgan fingerprint density at radius 2 is 2.25 bits per heavy atom. The molecule has 2 atom stereocenters. The first-order chi connectivity index (χ1) is 7.83. The van der Waals surface area contributed by atoms with E-state index in [4.69, 9.17) is 0 Å². The number of nitrogens with zero attached hydrogens (tertiary/aromatic N) is 1. The lowest BCUT2D eigenvalue weighted by Crippen LogP contribution is -2.34. The van der Waals surface area contributed by atoms with Gasteiger partial charge < -0.3 is 5.32 Å². The van der Waals surface area contributed by atoms with Gasteiger partial charge in [-0.25, -0.2) is 0 Å². The van der Waals surface area contributed by atoms with Gasteiger partial charge >= 0.3 is 0 Å². The van der Waals surface area contributed by atoms with Crippen LogP contribution >= 0.6 is 11.3 Å². The molecule has 0 amide bonds. The van der Waals surface area contributed by atoms with Crippen LogP contribution in [-0.4, -0.2) is 30.1 Å². The Hall–Kier alpha value is -0.380. The van der Waals surface area contributed by atoms with Crippen molar-refractivity contribution in [2.45, 2.75) is 44.3 Å². The minimum atomic E-state index is 0.603. The largest absolute Gasteiger partial charge is 0.310 e. The molecule has 1 aliphatic heterocycles. The topological polar surface area (TPSA) is 15.3 Å². The normalized spacial score (nSPS) is 28.4. The standard InChI is InChI=1S/C13H20N2S/c1-10(13-3-2-8-16-13)15-7-6-12(9-15)14-11-4-5-11/h2-3,8,10-12,14H,4-7,9H2,1H3. The smallest absolute Gasteiger partial charge is 0.0413 e. The molecule has 0 aromatic carbocycles. The summed E-state index contributed by atoms with van der Waals surface area (Å²) in [6, 6.07) is 6.62. The van der Waals surface area contributed by atoms with Crippen LogP contribution in [0.1, 0.15) is 37.1 Å². The first-order valence-corrected chi connectivity index (χ1v) is 7.24. The van der Waals surface area contributed by atoms with Crippen LogP contribution in [0.4, 0.5) is 0 Å². The van der Waals surface area contributed by atoms with E-state index in [2.05, 4.69) is 34.7 Å². The van der Waals surface area contributed by atoms with Crippen LogP contribution in [-0.2, 0) is 0 Å². The predicted molar refractivity (Wildman–Crippen MR) is 68.9 cm³/mol. The van der Waals surface area contributed by atoms with E-state index in [1.54, 1.807) is 0 Å². The second-order valence-electron chi connectivity index (χ2n) is 5.11. The molecule has 0 bridgehead atoms. The minimum Gasteiger partial charge on any atom is -0.310 e. The summed E-state index contributed by atoms with van der Waals surface area (Å²) in [5.41, 5.74) is 0. The van der Waals surface area contributed by atoms with Gasteiger partial charge in [-0.05, 0) is 37.6 Å². The highest BCUT2D eigenvalue weighted by atomic mass is 32.1. The summed E-state index contributed by atoms with van der Waals surface area (Å²) in [6.45, 7) is 4.82. The maximum Gasteiger partial charge on any atom is 0.0413 e. The lowest BCUT2D eigenvalue weighted by atomic mass is 10.2. The number of likely N-dealkylation sites (tertiary alicyclic amines) is 1. The molecule has 2 fully saturated rings. The number of thiophene rings is 1. The highest BCUT2D eigenvalue weighted by Gasteiger charge is 2.31. The van der Waals surface area contributed by atoms with Gasteiger partial charge in [-0.2, -0.15) is 0 Å². The number of hydrogen-bond acceptors (Lipinski definition) is 3.